The van der Waals surface area contributed by atoms with Gasteiger partial charge in [0.1, 0.15) is 5.75 Å². The topological polar surface area (TPSA) is 41.6 Å². The lowest BCUT2D eigenvalue weighted by molar-refractivity contribution is -0.129. The van der Waals surface area contributed by atoms with Crippen molar-refractivity contribution in [2.24, 2.45) is 23.7 Å². The van der Waals surface area contributed by atoms with Gasteiger partial charge in [0.05, 0.1) is 12.5 Å². The first-order valence-corrected chi connectivity index (χ1v) is 10.3. The largest absolute Gasteiger partial charge is 0.493 e. The normalized spacial score (nSPS) is 28.6. The monoisotopic (exact) mass is 356 g/mol. The predicted molar refractivity (Wildman–Crippen MR) is 103 cm³/mol. The van der Waals surface area contributed by atoms with Crippen LogP contribution in [0.2, 0.25) is 0 Å². The van der Waals surface area contributed by atoms with E-state index in [-0.39, 0.29) is 11.8 Å². The van der Waals surface area contributed by atoms with Gasteiger partial charge in [-0.3, -0.25) is 9.69 Å². The van der Waals surface area contributed by atoms with Crippen LogP contribution in [0.15, 0.2) is 18.2 Å². The van der Waals surface area contributed by atoms with Crippen LogP contribution in [0.3, 0.4) is 0 Å². The Balaban J connectivity index is 1.27. The van der Waals surface area contributed by atoms with Crippen LogP contribution in [-0.4, -0.2) is 37.6 Å². The van der Waals surface area contributed by atoms with Gasteiger partial charge < -0.3 is 10.1 Å². The second-order valence-electron chi connectivity index (χ2n) is 8.69. The predicted octanol–water partition coefficient (Wildman–Crippen LogP) is 3.38. The summed E-state index contributed by atoms with van der Waals surface area (Å²) in [7, 11) is 1.71. The number of aryl methyl sites for hydroxylation is 1. The zero-order valence-corrected chi connectivity index (χ0v) is 16.2. The third-order valence-corrected chi connectivity index (χ3v) is 6.87. The fourth-order valence-electron chi connectivity index (χ4n) is 5.22. The molecule has 5 rings (SSSR count). The third kappa shape index (κ3) is 3.75. The van der Waals surface area contributed by atoms with Gasteiger partial charge in [0.15, 0.2) is 0 Å². The molecule has 1 saturated heterocycles. The number of amides is 1. The van der Waals surface area contributed by atoms with E-state index in [4.69, 9.17) is 4.74 Å². The summed E-state index contributed by atoms with van der Waals surface area (Å²) in [5.41, 5.74) is 2.54. The number of ether oxygens (including phenoxy) is 1. The third-order valence-electron chi connectivity index (χ3n) is 6.87. The summed E-state index contributed by atoms with van der Waals surface area (Å²) in [5.74, 6) is 4.00. The van der Waals surface area contributed by atoms with Gasteiger partial charge in [-0.15, -0.1) is 0 Å². The molecule has 0 spiro atoms. The van der Waals surface area contributed by atoms with E-state index in [0.717, 1.165) is 49.7 Å². The van der Waals surface area contributed by atoms with Crippen molar-refractivity contribution in [3.8, 4) is 5.75 Å². The molecule has 4 heteroatoms. The Morgan fingerprint density at radius 1 is 1.23 bits per heavy atom. The van der Waals surface area contributed by atoms with Gasteiger partial charge in [-0.25, -0.2) is 0 Å². The summed E-state index contributed by atoms with van der Waals surface area (Å²) in [6, 6.07) is 6.57. The van der Waals surface area contributed by atoms with Crippen molar-refractivity contribution in [3.63, 3.8) is 0 Å². The van der Waals surface area contributed by atoms with E-state index in [0.29, 0.717) is 0 Å². The molecule has 0 aromatic heterocycles. The van der Waals surface area contributed by atoms with E-state index >= 15 is 0 Å². The Morgan fingerprint density at radius 2 is 2.00 bits per heavy atom. The van der Waals surface area contributed by atoms with Crippen LogP contribution in [-0.2, 0) is 11.3 Å². The summed E-state index contributed by atoms with van der Waals surface area (Å²) >= 11 is 0. The minimum atomic E-state index is 0.162. The molecule has 1 aliphatic heterocycles. The van der Waals surface area contributed by atoms with Gasteiger partial charge in [0.25, 0.3) is 0 Å². The van der Waals surface area contributed by atoms with E-state index in [1.54, 1.807) is 7.05 Å². The first-order valence-electron chi connectivity index (χ1n) is 10.3. The summed E-state index contributed by atoms with van der Waals surface area (Å²) in [6.07, 6.45) is 7.12. The molecule has 1 heterocycles. The highest BCUT2D eigenvalue weighted by atomic mass is 16.5. The molecule has 3 saturated carbocycles. The highest BCUT2D eigenvalue weighted by Gasteiger charge is 2.36. The van der Waals surface area contributed by atoms with Crippen molar-refractivity contribution in [3.05, 3.63) is 29.3 Å². The summed E-state index contributed by atoms with van der Waals surface area (Å²) in [5, 5.41) is 2.74. The van der Waals surface area contributed by atoms with Crippen molar-refractivity contribution >= 4 is 5.91 Å². The zero-order chi connectivity index (χ0) is 18.1. The molecule has 26 heavy (non-hydrogen) atoms. The fourth-order valence-corrected chi connectivity index (χ4v) is 5.22. The molecular formula is C22H32N2O2. The Labute approximate surface area is 157 Å². The lowest BCUT2D eigenvalue weighted by Crippen LogP contribution is -2.52. The minimum Gasteiger partial charge on any atom is -0.493 e. The van der Waals surface area contributed by atoms with Crippen LogP contribution in [0.1, 0.15) is 43.2 Å². The Bertz CT molecular complexity index is 646. The van der Waals surface area contributed by atoms with E-state index in [9.17, 15) is 4.79 Å². The molecule has 142 valence electrons. The van der Waals surface area contributed by atoms with Gasteiger partial charge in [0.2, 0.25) is 5.91 Å². The number of fused-ring (bicyclic) bond motifs is 3. The number of benzene rings is 1. The molecule has 2 bridgehead atoms. The first-order chi connectivity index (χ1) is 12.6. The molecule has 1 unspecified atom stereocenters. The van der Waals surface area contributed by atoms with Crippen molar-refractivity contribution in [2.45, 2.75) is 45.6 Å². The van der Waals surface area contributed by atoms with E-state index < -0.39 is 0 Å². The van der Waals surface area contributed by atoms with Crippen molar-refractivity contribution < 1.29 is 9.53 Å². The van der Waals surface area contributed by atoms with Crippen LogP contribution in [0.4, 0.5) is 0 Å². The second kappa shape index (κ2) is 7.59. The summed E-state index contributed by atoms with van der Waals surface area (Å²) < 4.78 is 6.23. The minimum absolute atomic E-state index is 0.162. The van der Waals surface area contributed by atoms with Crippen molar-refractivity contribution in [2.75, 3.05) is 26.7 Å². The molecule has 1 aromatic rings. The van der Waals surface area contributed by atoms with Gasteiger partial charge >= 0.3 is 0 Å². The molecule has 4 aliphatic rings. The first kappa shape index (κ1) is 17.8. The maximum absolute atomic E-state index is 11.6. The van der Waals surface area contributed by atoms with Crippen LogP contribution in [0.25, 0.3) is 0 Å². The molecule has 0 radical (unpaired) electrons. The van der Waals surface area contributed by atoms with E-state index in [1.807, 2.05) is 0 Å². The van der Waals surface area contributed by atoms with Crippen LogP contribution in [0.5, 0.6) is 5.75 Å². The van der Waals surface area contributed by atoms with Gasteiger partial charge in [-0.1, -0.05) is 25.0 Å². The number of rotatable bonds is 6. The van der Waals surface area contributed by atoms with E-state index in [1.165, 1.54) is 43.2 Å². The van der Waals surface area contributed by atoms with Crippen LogP contribution >= 0.6 is 0 Å². The Hall–Kier alpha value is -1.55. The van der Waals surface area contributed by atoms with Gasteiger partial charge in [-0.05, 0) is 61.1 Å². The highest BCUT2D eigenvalue weighted by Crippen LogP contribution is 2.45. The lowest BCUT2D eigenvalue weighted by atomic mass is 9.65. The number of carbonyl (C=O) groups is 1. The highest BCUT2D eigenvalue weighted by molar-refractivity contribution is 5.79. The molecular weight excluding hydrogens is 324 g/mol. The molecule has 4 fully saturated rings. The van der Waals surface area contributed by atoms with Crippen molar-refractivity contribution in [1.29, 1.82) is 0 Å². The number of hydrogen-bond donors (Lipinski definition) is 1. The molecule has 3 aliphatic carbocycles. The SMILES string of the molecule is CNC(=O)C1CN(Cc2ccc(OCC3CC4CCC3CC4)c(C)c2)C1. The number of nitrogens with zero attached hydrogens (tertiary/aromatic N) is 1. The number of nitrogens with one attached hydrogen (secondary N) is 1. The summed E-state index contributed by atoms with van der Waals surface area (Å²) in [6.45, 7) is 5.68. The number of carbonyl (C=O) groups excluding carboxylic acids is 1. The number of likely N-dealkylation sites (tertiary alicyclic amines) is 1. The van der Waals surface area contributed by atoms with Crippen LogP contribution in [0, 0.1) is 30.6 Å². The quantitative estimate of drug-likeness (QED) is 0.850. The second-order valence-corrected chi connectivity index (χ2v) is 8.69. The lowest BCUT2D eigenvalue weighted by Gasteiger charge is -2.42. The Kier molecular flexibility index (Phi) is 5.21. The smallest absolute Gasteiger partial charge is 0.225 e. The number of hydrogen-bond acceptors (Lipinski definition) is 3. The standard InChI is InChI=1S/C22H32N2O2/c1-15-9-17(11-24-12-20(13-24)22(25)23-2)5-8-21(15)26-14-19-10-16-3-6-18(19)7-4-16/h5,8-9,16,18-20H,3-4,6-7,10-14H2,1-2H3,(H,23,25). The summed E-state index contributed by atoms with van der Waals surface area (Å²) in [4.78, 5) is 13.9. The van der Waals surface area contributed by atoms with Crippen LogP contribution < -0.4 is 10.1 Å². The van der Waals surface area contributed by atoms with Gasteiger partial charge in [0, 0.05) is 26.7 Å². The molecule has 1 amide bonds. The van der Waals surface area contributed by atoms with E-state index in [2.05, 4.69) is 35.3 Å². The maximum atomic E-state index is 11.6. The molecule has 1 atom stereocenters. The average Bonchev–Trinajstić information content (AvgIpc) is 2.64. The average molecular weight is 357 g/mol. The molecule has 1 N–H and O–H groups in total. The molecule has 4 nitrogen and oxygen atoms in total. The zero-order valence-electron chi connectivity index (χ0n) is 16.2. The Morgan fingerprint density at radius 3 is 2.62 bits per heavy atom. The maximum Gasteiger partial charge on any atom is 0.225 e. The van der Waals surface area contributed by atoms with Crippen molar-refractivity contribution in [1.82, 2.24) is 10.2 Å². The molecule has 1 aromatic carbocycles. The fraction of sp³-hybridized carbons (Fsp3) is 0.682. The van der Waals surface area contributed by atoms with Gasteiger partial charge in [-0.2, -0.15) is 0 Å².